The van der Waals surface area contributed by atoms with Crippen molar-refractivity contribution in [2.75, 3.05) is 26.2 Å². The molecule has 0 saturated carbocycles. The van der Waals surface area contributed by atoms with Gasteiger partial charge in [-0.1, -0.05) is 72.3 Å². The van der Waals surface area contributed by atoms with Crippen molar-refractivity contribution in [3.63, 3.8) is 0 Å². The molecule has 1 heterocycles. The average Bonchev–Trinajstić information content (AvgIpc) is 2.77. The third-order valence-electron chi connectivity index (χ3n) is 5.43. The van der Waals surface area contributed by atoms with Gasteiger partial charge in [-0.3, -0.25) is 4.90 Å². The number of nitrogens with zero attached hydrogens (tertiary/aromatic N) is 1. The fraction of sp³-hybridized carbons (Fsp3) is 0.280. The van der Waals surface area contributed by atoms with E-state index >= 15 is 0 Å². The van der Waals surface area contributed by atoms with Gasteiger partial charge in [0, 0.05) is 30.7 Å². The van der Waals surface area contributed by atoms with E-state index in [2.05, 4.69) is 52.7 Å². The molecule has 150 valence electrons. The Morgan fingerprint density at radius 2 is 1.55 bits per heavy atom. The first kappa shape index (κ1) is 20.0. The van der Waals surface area contributed by atoms with Gasteiger partial charge in [0.15, 0.2) is 0 Å². The molecule has 3 nitrogen and oxygen atoms in total. The molecule has 0 spiro atoms. The first-order valence-electron chi connectivity index (χ1n) is 10.3. The molecule has 0 aromatic heterocycles. The lowest BCUT2D eigenvalue weighted by Crippen LogP contribution is -2.52. The maximum atomic E-state index is 6.14. The summed E-state index contributed by atoms with van der Waals surface area (Å²) in [5, 5.41) is 4.43. The SMILES string of the molecule is Clc1ccc(C(c2ccccc2)N2CCNC(CCOc3ccccc3)C2)cc1. The fourth-order valence-electron chi connectivity index (χ4n) is 4.01. The Hall–Kier alpha value is -2.33. The van der Waals surface area contributed by atoms with E-state index in [0.29, 0.717) is 12.6 Å². The van der Waals surface area contributed by atoms with Crippen LogP contribution >= 0.6 is 11.6 Å². The van der Waals surface area contributed by atoms with Crippen molar-refractivity contribution in [3.05, 3.63) is 101 Å². The van der Waals surface area contributed by atoms with Gasteiger partial charge in [-0.2, -0.15) is 0 Å². The number of halogens is 1. The summed E-state index contributed by atoms with van der Waals surface area (Å²) in [6.07, 6.45) is 0.980. The summed E-state index contributed by atoms with van der Waals surface area (Å²) in [6.45, 7) is 3.69. The molecule has 4 heteroatoms. The third kappa shape index (κ3) is 5.39. The first-order chi connectivity index (χ1) is 14.3. The van der Waals surface area contributed by atoms with Crippen LogP contribution in [0, 0.1) is 0 Å². The van der Waals surface area contributed by atoms with E-state index in [1.807, 2.05) is 42.5 Å². The molecule has 29 heavy (non-hydrogen) atoms. The highest BCUT2D eigenvalue weighted by Crippen LogP contribution is 2.30. The number of ether oxygens (including phenoxy) is 1. The zero-order valence-electron chi connectivity index (χ0n) is 16.5. The van der Waals surface area contributed by atoms with E-state index in [-0.39, 0.29) is 6.04 Å². The van der Waals surface area contributed by atoms with E-state index in [0.717, 1.165) is 36.8 Å². The molecule has 0 amide bonds. The van der Waals surface area contributed by atoms with Crippen LogP contribution in [0.15, 0.2) is 84.9 Å². The van der Waals surface area contributed by atoms with Crippen molar-refractivity contribution < 1.29 is 4.74 Å². The summed E-state index contributed by atoms with van der Waals surface area (Å²) in [5.74, 6) is 0.934. The maximum Gasteiger partial charge on any atom is 0.119 e. The summed E-state index contributed by atoms with van der Waals surface area (Å²) < 4.78 is 5.91. The van der Waals surface area contributed by atoms with Crippen LogP contribution in [0.25, 0.3) is 0 Å². The third-order valence-corrected chi connectivity index (χ3v) is 5.68. The molecule has 0 radical (unpaired) electrons. The zero-order valence-corrected chi connectivity index (χ0v) is 17.3. The molecule has 1 aliphatic heterocycles. The van der Waals surface area contributed by atoms with Gasteiger partial charge in [-0.05, 0) is 41.8 Å². The predicted octanol–water partition coefficient (Wildman–Crippen LogP) is 5.17. The number of hydrogen-bond acceptors (Lipinski definition) is 3. The van der Waals surface area contributed by atoms with E-state index < -0.39 is 0 Å². The molecule has 3 aromatic rings. The lowest BCUT2D eigenvalue weighted by Gasteiger charge is -2.39. The fourth-order valence-corrected chi connectivity index (χ4v) is 4.14. The highest BCUT2D eigenvalue weighted by Gasteiger charge is 2.27. The molecule has 0 aliphatic carbocycles. The van der Waals surface area contributed by atoms with Gasteiger partial charge in [0.05, 0.1) is 12.6 Å². The van der Waals surface area contributed by atoms with Crippen molar-refractivity contribution >= 4 is 11.6 Å². The van der Waals surface area contributed by atoms with Crippen molar-refractivity contribution in [1.29, 1.82) is 0 Å². The molecule has 1 aliphatic rings. The molecule has 0 bridgehead atoms. The number of hydrogen-bond donors (Lipinski definition) is 1. The molecule has 4 rings (SSSR count). The van der Waals surface area contributed by atoms with Crippen LogP contribution in [-0.4, -0.2) is 37.2 Å². The Morgan fingerprint density at radius 1 is 0.897 bits per heavy atom. The van der Waals surface area contributed by atoms with Crippen LogP contribution in [0.1, 0.15) is 23.6 Å². The quantitative estimate of drug-likeness (QED) is 0.585. The Labute approximate surface area is 178 Å². The highest BCUT2D eigenvalue weighted by atomic mass is 35.5. The average molecular weight is 407 g/mol. The van der Waals surface area contributed by atoms with Crippen LogP contribution in [0.3, 0.4) is 0 Å². The van der Waals surface area contributed by atoms with Gasteiger partial charge in [0.25, 0.3) is 0 Å². The van der Waals surface area contributed by atoms with Crippen molar-refractivity contribution in [1.82, 2.24) is 10.2 Å². The summed E-state index contributed by atoms with van der Waals surface area (Å²) in [5.41, 5.74) is 2.60. The largest absolute Gasteiger partial charge is 0.494 e. The van der Waals surface area contributed by atoms with Crippen molar-refractivity contribution in [2.24, 2.45) is 0 Å². The summed E-state index contributed by atoms with van der Waals surface area (Å²) in [6, 6.07) is 29.7. The number of benzene rings is 3. The van der Waals surface area contributed by atoms with Gasteiger partial charge < -0.3 is 10.1 Å². The Morgan fingerprint density at radius 3 is 2.28 bits per heavy atom. The molecule has 2 atom stereocenters. The normalized spacial score (nSPS) is 18.3. The van der Waals surface area contributed by atoms with E-state index in [1.54, 1.807) is 0 Å². The summed E-state index contributed by atoms with van der Waals surface area (Å²) >= 11 is 6.14. The minimum Gasteiger partial charge on any atom is -0.494 e. The van der Waals surface area contributed by atoms with E-state index in [4.69, 9.17) is 16.3 Å². The smallest absolute Gasteiger partial charge is 0.119 e. The van der Waals surface area contributed by atoms with Crippen molar-refractivity contribution in [3.8, 4) is 5.75 Å². The number of nitrogens with one attached hydrogen (secondary N) is 1. The first-order valence-corrected chi connectivity index (χ1v) is 10.6. The molecular weight excluding hydrogens is 380 g/mol. The van der Waals surface area contributed by atoms with Crippen LogP contribution < -0.4 is 10.1 Å². The standard InChI is InChI=1S/C25H27ClN2O/c26-22-13-11-21(12-14-22)25(20-7-3-1-4-8-20)28-17-16-27-23(19-28)15-18-29-24-9-5-2-6-10-24/h1-14,23,25,27H,15-19H2. The predicted molar refractivity (Wildman–Crippen MR) is 120 cm³/mol. The number of piperazine rings is 1. The topological polar surface area (TPSA) is 24.5 Å². The molecule has 3 aromatic carbocycles. The minimum atomic E-state index is 0.230. The summed E-state index contributed by atoms with van der Waals surface area (Å²) in [4.78, 5) is 2.57. The number of para-hydroxylation sites is 1. The van der Waals surface area contributed by atoms with Gasteiger partial charge in [0.2, 0.25) is 0 Å². The van der Waals surface area contributed by atoms with Crippen LogP contribution in [0.4, 0.5) is 0 Å². The maximum absolute atomic E-state index is 6.14. The number of rotatable bonds is 7. The minimum absolute atomic E-state index is 0.230. The van der Waals surface area contributed by atoms with E-state index in [1.165, 1.54) is 11.1 Å². The zero-order chi connectivity index (χ0) is 19.9. The lowest BCUT2D eigenvalue weighted by atomic mass is 9.95. The second-order valence-electron chi connectivity index (χ2n) is 7.46. The molecular formula is C25H27ClN2O. The Kier molecular flexibility index (Phi) is 6.83. The second kappa shape index (κ2) is 9.93. The molecule has 1 saturated heterocycles. The Balaban J connectivity index is 1.45. The summed E-state index contributed by atoms with van der Waals surface area (Å²) in [7, 11) is 0. The molecule has 2 unspecified atom stereocenters. The van der Waals surface area contributed by atoms with Gasteiger partial charge in [0.1, 0.15) is 5.75 Å². The molecule has 1 fully saturated rings. The second-order valence-corrected chi connectivity index (χ2v) is 7.90. The highest BCUT2D eigenvalue weighted by molar-refractivity contribution is 6.30. The monoisotopic (exact) mass is 406 g/mol. The van der Waals surface area contributed by atoms with E-state index in [9.17, 15) is 0 Å². The van der Waals surface area contributed by atoms with Crippen LogP contribution in [0.5, 0.6) is 5.75 Å². The van der Waals surface area contributed by atoms with Gasteiger partial charge >= 0.3 is 0 Å². The van der Waals surface area contributed by atoms with Gasteiger partial charge in [-0.15, -0.1) is 0 Å². The molecule has 1 N–H and O–H groups in total. The van der Waals surface area contributed by atoms with Crippen molar-refractivity contribution in [2.45, 2.75) is 18.5 Å². The lowest BCUT2D eigenvalue weighted by molar-refractivity contribution is 0.149. The van der Waals surface area contributed by atoms with Crippen LogP contribution in [0.2, 0.25) is 5.02 Å². The van der Waals surface area contributed by atoms with Crippen LogP contribution in [-0.2, 0) is 0 Å². The Bertz CT molecular complexity index is 870. The van der Waals surface area contributed by atoms with Gasteiger partial charge in [-0.25, -0.2) is 0 Å².